The molecule has 1 rings (SSSR count). The molecule has 0 aromatic carbocycles. The van der Waals surface area contributed by atoms with E-state index in [4.69, 9.17) is 8.37 Å². The number of rotatable bonds is 24. The smallest absolute Gasteiger partial charge is 0.0796 e. The first-order chi connectivity index (χ1) is 17.5. The standard InChI is InChI=1S/C32H63NO2S/c1-6-8-10-12-14-16-19-25-31(3)34-36(5,30-24-18-21-27-33-28-22-23-29-33)35-32(4)26-20-17-15-13-11-9-7-2/h14-17,31-32H,6-13,18-30H2,1-5H3/b16-14-,17-15-. The Labute approximate surface area is 228 Å². The zero-order chi connectivity index (χ0) is 26.3. The largest absolute Gasteiger partial charge is 0.303 e. The molecule has 1 aliphatic rings. The fraction of sp³-hybridized carbons (Fsp3) is 0.875. The molecule has 0 bridgehead atoms. The lowest BCUT2D eigenvalue weighted by Crippen LogP contribution is -2.22. The fourth-order valence-corrected chi connectivity index (χ4v) is 7.50. The van der Waals surface area contributed by atoms with Crippen LogP contribution in [0.4, 0.5) is 0 Å². The van der Waals surface area contributed by atoms with E-state index in [1.165, 1.54) is 103 Å². The number of hydrogen-bond donors (Lipinski definition) is 0. The molecule has 36 heavy (non-hydrogen) atoms. The summed E-state index contributed by atoms with van der Waals surface area (Å²) in [5.74, 6) is 1.07. The van der Waals surface area contributed by atoms with Crippen LogP contribution in [0.25, 0.3) is 0 Å². The average molecular weight is 526 g/mol. The first-order valence-electron chi connectivity index (χ1n) is 15.6. The fourth-order valence-electron chi connectivity index (χ4n) is 4.95. The van der Waals surface area contributed by atoms with Gasteiger partial charge in [-0.3, -0.25) is 8.37 Å². The molecule has 0 radical (unpaired) electrons. The zero-order valence-corrected chi connectivity index (χ0v) is 25.8. The molecule has 1 saturated heterocycles. The minimum absolute atomic E-state index is 0.251. The highest BCUT2D eigenvalue weighted by Gasteiger charge is 2.22. The Kier molecular flexibility index (Phi) is 21.2. The second kappa shape index (κ2) is 22.7. The molecule has 0 amide bonds. The van der Waals surface area contributed by atoms with Crippen molar-refractivity contribution in [1.29, 1.82) is 0 Å². The zero-order valence-electron chi connectivity index (χ0n) is 25.0. The van der Waals surface area contributed by atoms with E-state index in [1.807, 2.05) is 0 Å². The summed E-state index contributed by atoms with van der Waals surface area (Å²) in [4.78, 5) is 2.63. The van der Waals surface area contributed by atoms with Gasteiger partial charge < -0.3 is 4.90 Å². The Morgan fingerprint density at radius 2 is 1.17 bits per heavy atom. The van der Waals surface area contributed by atoms with Gasteiger partial charge in [0.25, 0.3) is 0 Å². The van der Waals surface area contributed by atoms with Crippen molar-refractivity contribution in [3.05, 3.63) is 24.3 Å². The van der Waals surface area contributed by atoms with Crippen LogP contribution in [-0.4, -0.2) is 48.8 Å². The molecule has 2 atom stereocenters. The molecule has 1 aliphatic heterocycles. The third-order valence-corrected chi connectivity index (χ3v) is 9.69. The molecule has 0 N–H and O–H groups in total. The van der Waals surface area contributed by atoms with Crippen LogP contribution in [0, 0.1) is 0 Å². The summed E-state index contributed by atoms with van der Waals surface area (Å²) in [6.07, 6.45) is 33.6. The van der Waals surface area contributed by atoms with Crippen molar-refractivity contribution < 1.29 is 8.37 Å². The molecule has 3 nitrogen and oxygen atoms in total. The molecule has 0 spiro atoms. The highest BCUT2D eigenvalue weighted by molar-refractivity contribution is 8.25. The van der Waals surface area contributed by atoms with Gasteiger partial charge in [0.2, 0.25) is 0 Å². The van der Waals surface area contributed by atoms with Gasteiger partial charge in [-0.15, -0.1) is 0 Å². The summed E-state index contributed by atoms with van der Waals surface area (Å²) < 4.78 is 13.4. The minimum atomic E-state index is -1.51. The van der Waals surface area contributed by atoms with Gasteiger partial charge in [-0.1, -0.05) is 70.3 Å². The van der Waals surface area contributed by atoms with Gasteiger partial charge in [0.15, 0.2) is 0 Å². The normalized spacial score (nSPS) is 19.2. The first-order valence-corrected chi connectivity index (χ1v) is 17.7. The molecule has 2 unspecified atom stereocenters. The summed E-state index contributed by atoms with van der Waals surface area (Å²) in [7, 11) is -1.51. The van der Waals surface area contributed by atoms with E-state index >= 15 is 0 Å². The Balaban J connectivity index is 2.44. The average Bonchev–Trinajstić information content (AvgIpc) is 3.36. The van der Waals surface area contributed by atoms with Gasteiger partial charge in [-0.05, 0) is 111 Å². The molecule has 1 heterocycles. The van der Waals surface area contributed by atoms with Gasteiger partial charge in [0, 0.05) is 12.0 Å². The number of unbranched alkanes of at least 4 members (excludes halogenated alkanes) is 8. The van der Waals surface area contributed by atoms with Crippen LogP contribution in [0.1, 0.15) is 137 Å². The van der Waals surface area contributed by atoms with Gasteiger partial charge in [0.05, 0.1) is 12.2 Å². The van der Waals surface area contributed by atoms with Gasteiger partial charge in [0.1, 0.15) is 0 Å². The molecular formula is C32H63NO2S. The van der Waals surface area contributed by atoms with Crippen LogP contribution >= 0.6 is 10.6 Å². The Morgan fingerprint density at radius 3 is 1.67 bits per heavy atom. The topological polar surface area (TPSA) is 21.7 Å². The van der Waals surface area contributed by atoms with E-state index in [1.54, 1.807) is 0 Å². The van der Waals surface area contributed by atoms with E-state index in [-0.39, 0.29) is 12.2 Å². The van der Waals surface area contributed by atoms with Crippen molar-refractivity contribution in [3.63, 3.8) is 0 Å². The summed E-state index contributed by atoms with van der Waals surface area (Å²) in [6.45, 7) is 12.9. The van der Waals surface area contributed by atoms with Gasteiger partial charge in [-0.2, -0.15) is 10.6 Å². The summed E-state index contributed by atoms with van der Waals surface area (Å²) in [6, 6.07) is 0. The second-order valence-electron chi connectivity index (χ2n) is 11.1. The predicted molar refractivity (Wildman–Crippen MR) is 164 cm³/mol. The van der Waals surface area contributed by atoms with Crippen molar-refractivity contribution in [2.75, 3.05) is 31.6 Å². The maximum atomic E-state index is 6.70. The van der Waals surface area contributed by atoms with Crippen molar-refractivity contribution in [2.45, 2.75) is 149 Å². The number of allylic oxidation sites excluding steroid dienone is 4. The van der Waals surface area contributed by atoms with E-state index < -0.39 is 10.6 Å². The monoisotopic (exact) mass is 525 g/mol. The maximum Gasteiger partial charge on any atom is 0.0796 e. The van der Waals surface area contributed by atoms with Crippen LogP contribution in [0.3, 0.4) is 0 Å². The van der Waals surface area contributed by atoms with Gasteiger partial charge >= 0.3 is 0 Å². The summed E-state index contributed by atoms with van der Waals surface area (Å²) >= 11 is 0. The lowest BCUT2D eigenvalue weighted by Gasteiger charge is -2.43. The van der Waals surface area contributed by atoms with E-state index in [0.29, 0.717) is 0 Å². The molecule has 1 fully saturated rings. The third-order valence-electron chi connectivity index (χ3n) is 7.19. The van der Waals surface area contributed by atoms with Crippen molar-refractivity contribution in [2.24, 2.45) is 0 Å². The van der Waals surface area contributed by atoms with Crippen molar-refractivity contribution >= 4 is 10.6 Å². The lowest BCUT2D eigenvalue weighted by atomic mass is 10.1. The molecule has 0 aromatic heterocycles. The van der Waals surface area contributed by atoms with Crippen LogP contribution in [0.15, 0.2) is 24.3 Å². The third kappa shape index (κ3) is 18.9. The Morgan fingerprint density at radius 1 is 0.667 bits per heavy atom. The quantitative estimate of drug-likeness (QED) is 0.0924. The van der Waals surface area contributed by atoms with Crippen molar-refractivity contribution in [3.8, 4) is 0 Å². The van der Waals surface area contributed by atoms with Crippen LogP contribution in [0.5, 0.6) is 0 Å². The van der Waals surface area contributed by atoms with E-state index in [9.17, 15) is 0 Å². The van der Waals surface area contributed by atoms with Crippen LogP contribution < -0.4 is 0 Å². The van der Waals surface area contributed by atoms with Crippen LogP contribution in [-0.2, 0) is 8.37 Å². The molecule has 0 aromatic rings. The summed E-state index contributed by atoms with van der Waals surface area (Å²) in [5.41, 5.74) is 0. The minimum Gasteiger partial charge on any atom is -0.303 e. The lowest BCUT2D eigenvalue weighted by molar-refractivity contribution is 0.159. The van der Waals surface area contributed by atoms with Gasteiger partial charge in [-0.25, -0.2) is 0 Å². The highest BCUT2D eigenvalue weighted by atomic mass is 32.3. The van der Waals surface area contributed by atoms with E-state index in [2.05, 4.69) is 63.2 Å². The summed E-state index contributed by atoms with van der Waals surface area (Å²) in [5, 5.41) is 0. The molecule has 4 heteroatoms. The number of nitrogens with zero attached hydrogens (tertiary/aromatic N) is 1. The maximum absolute atomic E-state index is 6.70. The molecular weight excluding hydrogens is 462 g/mol. The Hall–Kier alpha value is -0.290. The first kappa shape index (κ1) is 33.7. The van der Waals surface area contributed by atoms with Crippen molar-refractivity contribution in [1.82, 2.24) is 4.90 Å². The highest BCUT2D eigenvalue weighted by Crippen LogP contribution is 2.50. The molecule has 0 saturated carbocycles. The number of likely N-dealkylation sites (tertiary alicyclic amines) is 1. The number of hydrogen-bond acceptors (Lipinski definition) is 3. The van der Waals surface area contributed by atoms with Crippen LogP contribution in [0.2, 0.25) is 0 Å². The molecule has 0 aliphatic carbocycles. The predicted octanol–water partition coefficient (Wildman–Crippen LogP) is 10.2. The molecule has 214 valence electrons. The Bertz CT molecular complexity index is 512. The SMILES string of the molecule is CCCCC/C=C\CCC(C)OS(C)(CCCCCN1CCCC1)OC(C)CC/C=C\CCCCC. The second-order valence-corrected chi connectivity index (χ2v) is 13.8. The van der Waals surface area contributed by atoms with E-state index in [0.717, 1.165) is 31.4 Å².